The molecule has 0 fully saturated rings. The molecule has 0 aliphatic carbocycles. The SMILES string of the molecule is COc1ccc(COCc2ccc(C(C)C)cc2)cc1. The van der Waals surface area contributed by atoms with Crippen molar-refractivity contribution in [2.45, 2.75) is 33.0 Å². The van der Waals surface area contributed by atoms with Gasteiger partial charge in [0.15, 0.2) is 0 Å². The average Bonchev–Trinajstić information content (AvgIpc) is 2.48. The van der Waals surface area contributed by atoms with E-state index in [2.05, 4.69) is 38.1 Å². The van der Waals surface area contributed by atoms with Crippen LogP contribution in [0.15, 0.2) is 48.5 Å². The highest BCUT2D eigenvalue weighted by molar-refractivity contribution is 5.27. The van der Waals surface area contributed by atoms with Gasteiger partial charge in [0, 0.05) is 0 Å². The zero-order valence-corrected chi connectivity index (χ0v) is 12.4. The first kappa shape index (κ1) is 14.6. The minimum Gasteiger partial charge on any atom is -0.497 e. The summed E-state index contributed by atoms with van der Waals surface area (Å²) in [5.74, 6) is 1.45. The van der Waals surface area contributed by atoms with Crippen LogP contribution in [0.4, 0.5) is 0 Å². The Morgan fingerprint density at radius 2 is 1.30 bits per heavy atom. The van der Waals surface area contributed by atoms with Crippen LogP contribution in [0.2, 0.25) is 0 Å². The van der Waals surface area contributed by atoms with Crippen molar-refractivity contribution in [3.63, 3.8) is 0 Å². The van der Waals surface area contributed by atoms with Crippen LogP contribution in [-0.2, 0) is 18.0 Å². The van der Waals surface area contributed by atoms with E-state index in [-0.39, 0.29) is 0 Å². The lowest BCUT2D eigenvalue weighted by molar-refractivity contribution is 0.107. The first-order valence-electron chi connectivity index (χ1n) is 6.98. The van der Waals surface area contributed by atoms with E-state index in [1.54, 1.807) is 7.11 Å². The molecule has 0 unspecified atom stereocenters. The molecular weight excluding hydrogens is 248 g/mol. The van der Waals surface area contributed by atoms with Crippen molar-refractivity contribution in [2.75, 3.05) is 7.11 Å². The van der Waals surface area contributed by atoms with Crippen LogP contribution in [0.5, 0.6) is 5.75 Å². The molecule has 2 aromatic rings. The van der Waals surface area contributed by atoms with E-state index < -0.39 is 0 Å². The molecule has 2 nitrogen and oxygen atoms in total. The van der Waals surface area contributed by atoms with E-state index in [9.17, 15) is 0 Å². The van der Waals surface area contributed by atoms with Gasteiger partial charge in [0.05, 0.1) is 20.3 Å². The number of hydrogen-bond acceptors (Lipinski definition) is 2. The second-order valence-corrected chi connectivity index (χ2v) is 5.24. The van der Waals surface area contributed by atoms with Gasteiger partial charge < -0.3 is 9.47 Å². The molecule has 0 aliphatic heterocycles. The zero-order valence-electron chi connectivity index (χ0n) is 12.4. The zero-order chi connectivity index (χ0) is 14.4. The Labute approximate surface area is 121 Å². The quantitative estimate of drug-likeness (QED) is 0.767. The van der Waals surface area contributed by atoms with Crippen LogP contribution < -0.4 is 4.74 Å². The van der Waals surface area contributed by atoms with E-state index >= 15 is 0 Å². The number of ether oxygens (including phenoxy) is 2. The van der Waals surface area contributed by atoms with Crippen molar-refractivity contribution < 1.29 is 9.47 Å². The number of benzene rings is 2. The third kappa shape index (κ3) is 4.10. The summed E-state index contributed by atoms with van der Waals surface area (Å²) in [5.41, 5.74) is 3.73. The van der Waals surface area contributed by atoms with Gasteiger partial charge in [-0.25, -0.2) is 0 Å². The maximum atomic E-state index is 5.74. The Hall–Kier alpha value is -1.80. The number of hydrogen-bond donors (Lipinski definition) is 0. The first-order chi connectivity index (χ1) is 9.69. The monoisotopic (exact) mass is 270 g/mol. The molecule has 0 aliphatic rings. The summed E-state index contributed by atoms with van der Waals surface area (Å²) in [6.07, 6.45) is 0. The van der Waals surface area contributed by atoms with E-state index in [1.165, 1.54) is 11.1 Å². The van der Waals surface area contributed by atoms with Gasteiger partial charge in [0.1, 0.15) is 5.75 Å². The summed E-state index contributed by atoms with van der Waals surface area (Å²) in [5, 5.41) is 0. The summed E-state index contributed by atoms with van der Waals surface area (Å²) >= 11 is 0. The smallest absolute Gasteiger partial charge is 0.118 e. The average molecular weight is 270 g/mol. The molecule has 0 aromatic heterocycles. The van der Waals surface area contributed by atoms with Gasteiger partial charge in [0.2, 0.25) is 0 Å². The second-order valence-electron chi connectivity index (χ2n) is 5.24. The van der Waals surface area contributed by atoms with Crippen molar-refractivity contribution in [3.8, 4) is 5.75 Å². The summed E-state index contributed by atoms with van der Waals surface area (Å²) in [4.78, 5) is 0. The van der Waals surface area contributed by atoms with E-state index in [4.69, 9.17) is 9.47 Å². The molecule has 0 saturated carbocycles. The molecule has 0 radical (unpaired) electrons. The number of rotatable bonds is 6. The molecule has 106 valence electrons. The van der Waals surface area contributed by atoms with Gasteiger partial charge in [0.25, 0.3) is 0 Å². The minimum absolute atomic E-state index is 0.573. The van der Waals surface area contributed by atoms with Gasteiger partial charge in [-0.05, 0) is 34.7 Å². The van der Waals surface area contributed by atoms with E-state index in [0.29, 0.717) is 19.1 Å². The standard InChI is InChI=1S/C18H22O2/c1-14(2)17-8-4-15(5-9-17)12-20-13-16-6-10-18(19-3)11-7-16/h4-11,14H,12-13H2,1-3H3. The molecule has 0 bridgehead atoms. The molecule has 0 saturated heterocycles. The van der Waals surface area contributed by atoms with Crippen molar-refractivity contribution in [2.24, 2.45) is 0 Å². The third-order valence-corrected chi connectivity index (χ3v) is 3.34. The maximum absolute atomic E-state index is 5.74. The normalized spacial score (nSPS) is 10.8. The molecule has 0 spiro atoms. The Bertz CT molecular complexity index is 512. The van der Waals surface area contributed by atoms with Gasteiger partial charge in [-0.1, -0.05) is 50.2 Å². The fourth-order valence-electron chi connectivity index (χ4n) is 2.01. The highest BCUT2D eigenvalue weighted by Crippen LogP contribution is 2.16. The predicted octanol–water partition coefficient (Wildman–Crippen LogP) is 4.54. The van der Waals surface area contributed by atoms with Crippen LogP contribution in [-0.4, -0.2) is 7.11 Å². The molecule has 2 heteroatoms. The molecule has 2 aromatic carbocycles. The van der Waals surface area contributed by atoms with Crippen molar-refractivity contribution in [1.29, 1.82) is 0 Å². The number of methoxy groups -OCH3 is 1. The summed E-state index contributed by atoms with van der Waals surface area (Å²) in [6.45, 7) is 5.67. The largest absolute Gasteiger partial charge is 0.497 e. The van der Waals surface area contributed by atoms with Crippen molar-refractivity contribution in [1.82, 2.24) is 0 Å². The highest BCUT2D eigenvalue weighted by atomic mass is 16.5. The van der Waals surface area contributed by atoms with Crippen LogP contribution >= 0.6 is 0 Å². The topological polar surface area (TPSA) is 18.5 Å². The highest BCUT2D eigenvalue weighted by Gasteiger charge is 2.00. The minimum atomic E-state index is 0.573. The van der Waals surface area contributed by atoms with Crippen LogP contribution in [0.3, 0.4) is 0 Å². The van der Waals surface area contributed by atoms with Gasteiger partial charge in [-0.15, -0.1) is 0 Å². The lowest BCUT2D eigenvalue weighted by Crippen LogP contribution is -1.95. The van der Waals surface area contributed by atoms with Crippen molar-refractivity contribution in [3.05, 3.63) is 65.2 Å². The van der Waals surface area contributed by atoms with Crippen LogP contribution in [0, 0.1) is 0 Å². The Balaban J connectivity index is 1.82. The van der Waals surface area contributed by atoms with E-state index in [0.717, 1.165) is 11.3 Å². The molecule has 2 rings (SSSR count). The van der Waals surface area contributed by atoms with Crippen LogP contribution in [0.25, 0.3) is 0 Å². The first-order valence-corrected chi connectivity index (χ1v) is 6.98. The molecule has 0 heterocycles. The fraction of sp³-hybridized carbons (Fsp3) is 0.333. The Morgan fingerprint density at radius 1 is 0.800 bits per heavy atom. The Morgan fingerprint density at radius 3 is 1.75 bits per heavy atom. The predicted molar refractivity (Wildman–Crippen MR) is 82.0 cm³/mol. The van der Waals surface area contributed by atoms with Gasteiger partial charge in [-0.3, -0.25) is 0 Å². The lowest BCUT2D eigenvalue weighted by Gasteiger charge is -2.08. The summed E-state index contributed by atoms with van der Waals surface area (Å²) < 4.78 is 10.9. The van der Waals surface area contributed by atoms with Gasteiger partial charge in [-0.2, -0.15) is 0 Å². The maximum Gasteiger partial charge on any atom is 0.118 e. The molecular formula is C18H22O2. The summed E-state index contributed by atoms with van der Waals surface area (Å²) in [6, 6.07) is 16.6. The molecule has 0 N–H and O–H groups in total. The summed E-state index contributed by atoms with van der Waals surface area (Å²) in [7, 11) is 1.67. The second kappa shape index (κ2) is 7.11. The molecule has 0 amide bonds. The Kier molecular flexibility index (Phi) is 5.19. The van der Waals surface area contributed by atoms with Crippen molar-refractivity contribution >= 4 is 0 Å². The van der Waals surface area contributed by atoms with E-state index in [1.807, 2.05) is 24.3 Å². The molecule has 0 atom stereocenters. The fourth-order valence-corrected chi connectivity index (χ4v) is 2.01. The lowest BCUT2D eigenvalue weighted by atomic mass is 10.0. The third-order valence-electron chi connectivity index (χ3n) is 3.34. The van der Waals surface area contributed by atoms with Crippen LogP contribution in [0.1, 0.15) is 36.5 Å². The van der Waals surface area contributed by atoms with Gasteiger partial charge >= 0.3 is 0 Å². The molecule has 20 heavy (non-hydrogen) atoms.